The summed E-state index contributed by atoms with van der Waals surface area (Å²) in [5.41, 5.74) is -1.03. The molecule has 13 nitrogen and oxygen atoms in total. The maximum Gasteiger partial charge on any atom is 0.305 e. The van der Waals surface area contributed by atoms with Gasteiger partial charge < -0.3 is 40.0 Å². The van der Waals surface area contributed by atoms with Crippen LogP contribution < -0.4 is 34.9 Å². The zero-order valence-corrected chi connectivity index (χ0v) is 30.5. The van der Waals surface area contributed by atoms with Crippen LogP contribution in [-0.4, -0.2) is 67.5 Å². The fourth-order valence-corrected chi connectivity index (χ4v) is 5.97. The molecule has 57 heavy (non-hydrogen) atoms. The van der Waals surface area contributed by atoms with Gasteiger partial charge >= 0.3 is 5.97 Å². The molecular weight excluding hydrogens is 758 g/mol. The third-order valence-electron chi connectivity index (χ3n) is 9.17. The van der Waals surface area contributed by atoms with Gasteiger partial charge in [0.25, 0.3) is 0 Å². The first-order valence-corrected chi connectivity index (χ1v) is 17.4. The van der Waals surface area contributed by atoms with Crippen molar-refractivity contribution in [1.29, 1.82) is 0 Å². The first-order valence-electron chi connectivity index (χ1n) is 17.4. The minimum absolute atomic E-state index is 0.0578. The van der Waals surface area contributed by atoms with Crippen molar-refractivity contribution in [2.24, 2.45) is 5.41 Å². The van der Waals surface area contributed by atoms with Crippen LogP contribution in [-0.2, 0) is 30.4 Å². The number of halogens is 4. The standard InChI is InChI=1S/C40H37F4N3O10/c1-54-31-13-12-22(17-32(31)55-2)16-29(37(51)45-23-8-6-11-25(18-23)57-24-9-4-3-5-10-24)47-39(53)40(14-7-15-40)38(52)46-28(20-33(49)50)30(48)21-56-36-34(43)26(41)19-27(42)35(36)44/h3-6,8-13,17-19,28-29H,7,14-16,20-21H2,1-2H3,(H,45,51)(H,46,52)(H,47,53)(H,49,50). The van der Waals surface area contributed by atoms with Crippen LogP contribution in [0.2, 0.25) is 0 Å². The van der Waals surface area contributed by atoms with E-state index in [1.165, 1.54) is 14.2 Å². The number of rotatable bonds is 18. The van der Waals surface area contributed by atoms with Gasteiger partial charge in [-0.25, -0.2) is 8.78 Å². The summed E-state index contributed by atoms with van der Waals surface area (Å²) in [6, 6.07) is 17.0. The lowest BCUT2D eigenvalue weighted by Crippen LogP contribution is -2.61. The van der Waals surface area contributed by atoms with Crippen molar-refractivity contribution in [3.8, 4) is 28.7 Å². The number of amides is 3. The lowest BCUT2D eigenvalue weighted by Gasteiger charge is -2.40. The lowest BCUT2D eigenvalue weighted by molar-refractivity contribution is -0.152. The van der Waals surface area contributed by atoms with Crippen LogP contribution in [0.4, 0.5) is 23.2 Å². The van der Waals surface area contributed by atoms with E-state index in [0.717, 1.165) is 0 Å². The topological polar surface area (TPSA) is 179 Å². The maximum absolute atomic E-state index is 14.1. The fraction of sp³-hybridized carbons (Fsp3) is 0.275. The summed E-state index contributed by atoms with van der Waals surface area (Å²) < 4.78 is 76.8. The molecule has 1 fully saturated rings. The highest BCUT2D eigenvalue weighted by atomic mass is 19.2. The largest absolute Gasteiger partial charge is 0.493 e. The lowest BCUT2D eigenvalue weighted by atomic mass is 9.67. The van der Waals surface area contributed by atoms with Crippen LogP contribution in [0.5, 0.6) is 28.7 Å². The van der Waals surface area contributed by atoms with Gasteiger partial charge in [0.1, 0.15) is 35.6 Å². The summed E-state index contributed by atoms with van der Waals surface area (Å²) in [6.07, 6.45) is -0.909. The van der Waals surface area contributed by atoms with E-state index in [1.807, 2.05) is 6.07 Å². The highest BCUT2D eigenvalue weighted by Crippen LogP contribution is 2.42. The molecule has 4 aromatic carbocycles. The summed E-state index contributed by atoms with van der Waals surface area (Å²) in [7, 11) is 2.86. The Morgan fingerprint density at radius 1 is 0.754 bits per heavy atom. The number of Topliss-reactive ketones (excluding diaryl/α,β-unsaturated/α-hetero) is 1. The number of carbonyl (C=O) groups is 5. The number of para-hydroxylation sites is 1. The predicted octanol–water partition coefficient (Wildman–Crippen LogP) is 5.50. The molecule has 5 rings (SSSR count). The molecular formula is C40H37F4N3O10. The second-order valence-electron chi connectivity index (χ2n) is 13.0. The summed E-state index contributed by atoms with van der Waals surface area (Å²) in [5, 5.41) is 17.1. The number of hydrogen-bond donors (Lipinski definition) is 4. The minimum Gasteiger partial charge on any atom is -0.493 e. The SMILES string of the molecule is COc1ccc(CC(NC(=O)C2(C(=O)NC(CC(=O)O)C(=O)COc3c(F)c(F)cc(F)c3F)CCC2)C(=O)Nc2cccc(Oc3ccccc3)c2)cc1OC. The maximum atomic E-state index is 14.1. The Labute approximate surface area is 323 Å². The van der Waals surface area contributed by atoms with Gasteiger partial charge in [0, 0.05) is 24.2 Å². The van der Waals surface area contributed by atoms with Gasteiger partial charge in [0.15, 0.2) is 34.7 Å². The number of anilines is 1. The van der Waals surface area contributed by atoms with Crippen LogP contribution in [0.15, 0.2) is 78.9 Å². The van der Waals surface area contributed by atoms with Crippen molar-refractivity contribution in [2.45, 2.75) is 44.2 Å². The Bertz CT molecular complexity index is 2120. The minimum atomic E-state index is -1.94. The molecule has 0 spiro atoms. The smallest absolute Gasteiger partial charge is 0.305 e. The number of hydrogen-bond acceptors (Lipinski definition) is 9. The Balaban J connectivity index is 1.36. The molecule has 1 saturated carbocycles. The molecule has 3 amide bonds. The van der Waals surface area contributed by atoms with Crippen LogP contribution in [0.1, 0.15) is 31.2 Å². The molecule has 1 aliphatic rings. The van der Waals surface area contributed by atoms with E-state index in [2.05, 4.69) is 20.7 Å². The normalized spacial score (nSPS) is 13.9. The molecule has 0 bridgehead atoms. The fourth-order valence-electron chi connectivity index (χ4n) is 5.97. The third-order valence-corrected chi connectivity index (χ3v) is 9.17. The summed E-state index contributed by atoms with van der Waals surface area (Å²) >= 11 is 0. The summed E-state index contributed by atoms with van der Waals surface area (Å²) in [4.78, 5) is 66.5. The second kappa shape index (κ2) is 18.3. The molecule has 4 N–H and O–H groups in total. The number of carboxylic acid groups (broad SMARTS) is 1. The van der Waals surface area contributed by atoms with Crippen molar-refractivity contribution in [1.82, 2.24) is 10.6 Å². The number of carbonyl (C=O) groups excluding carboxylic acids is 4. The second-order valence-corrected chi connectivity index (χ2v) is 13.0. The zero-order valence-electron chi connectivity index (χ0n) is 30.5. The van der Waals surface area contributed by atoms with Gasteiger partial charge in [-0.05, 0) is 54.8 Å². The van der Waals surface area contributed by atoms with Crippen LogP contribution in [0.25, 0.3) is 0 Å². The van der Waals surface area contributed by atoms with Crippen molar-refractivity contribution in [3.63, 3.8) is 0 Å². The van der Waals surface area contributed by atoms with E-state index in [4.69, 9.17) is 14.2 Å². The molecule has 0 radical (unpaired) electrons. The Kier molecular flexibility index (Phi) is 13.3. The average Bonchev–Trinajstić information content (AvgIpc) is 3.16. The summed E-state index contributed by atoms with van der Waals surface area (Å²) in [5.74, 6) is -12.9. The van der Waals surface area contributed by atoms with E-state index in [-0.39, 0.29) is 25.3 Å². The molecule has 2 atom stereocenters. The first kappa shape index (κ1) is 41.5. The molecule has 0 heterocycles. The number of nitrogens with one attached hydrogen (secondary N) is 3. The predicted molar refractivity (Wildman–Crippen MR) is 194 cm³/mol. The molecule has 0 aliphatic heterocycles. The zero-order chi connectivity index (χ0) is 41.3. The van der Waals surface area contributed by atoms with Gasteiger partial charge in [-0.3, -0.25) is 24.0 Å². The van der Waals surface area contributed by atoms with Crippen LogP contribution >= 0.6 is 0 Å². The van der Waals surface area contributed by atoms with Crippen LogP contribution in [0.3, 0.4) is 0 Å². The quantitative estimate of drug-likeness (QED) is 0.0572. The van der Waals surface area contributed by atoms with E-state index in [9.17, 15) is 46.6 Å². The number of aliphatic carboxylic acids is 1. The van der Waals surface area contributed by atoms with Gasteiger partial charge in [0.05, 0.1) is 20.6 Å². The van der Waals surface area contributed by atoms with Crippen molar-refractivity contribution < 1.29 is 65.6 Å². The third kappa shape index (κ3) is 9.97. The Hall–Kier alpha value is -6.65. The molecule has 300 valence electrons. The molecule has 0 aromatic heterocycles. The molecule has 2 unspecified atom stereocenters. The monoisotopic (exact) mass is 795 g/mol. The number of benzene rings is 4. The molecule has 4 aromatic rings. The van der Waals surface area contributed by atoms with E-state index < -0.39 is 89.0 Å². The van der Waals surface area contributed by atoms with Crippen molar-refractivity contribution in [3.05, 3.63) is 108 Å². The molecule has 17 heteroatoms. The van der Waals surface area contributed by atoms with Crippen LogP contribution in [0, 0.1) is 28.7 Å². The number of ether oxygens (including phenoxy) is 4. The van der Waals surface area contributed by atoms with Crippen molar-refractivity contribution in [2.75, 3.05) is 26.1 Å². The van der Waals surface area contributed by atoms with Crippen molar-refractivity contribution >= 4 is 35.2 Å². The van der Waals surface area contributed by atoms with E-state index in [1.54, 1.807) is 66.7 Å². The van der Waals surface area contributed by atoms with Gasteiger partial charge in [-0.15, -0.1) is 0 Å². The van der Waals surface area contributed by atoms with Gasteiger partial charge in [0.2, 0.25) is 29.4 Å². The Morgan fingerprint density at radius 3 is 1.98 bits per heavy atom. The van der Waals surface area contributed by atoms with E-state index in [0.29, 0.717) is 40.7 Å². The summed E-state index contributed by atoms with van der Waals surface area (Å²) in [6.45, 7) is -1.31. The Morgan fingerprint density at radius 2 is 1.39 bits per heavy atom. The number of ketones is 1. The highest BCUT2D eigenvalue weighted by molar-refractivity contribution is 6.09. The van der Waals surface area contributed by atoms with Gasteiger partial charge in [-0.1, -0.05) is 36.8 Å². The number of carboxylic acids is 1. The molecule has 1 aliphatic carbocycles. The average molecular weight is 796 g/mol. The molecule has 0 saturated heterocycles. The first-order chi connectivity index (χ1) is 27.2. The van der Waals surface area contributed by atoms with E-state index >= 15 is 0 Å². The van der Waals surface area contributed by atoms with Gasteiger partial charge in [-0.2, -0.15) is 8.78 Å². The highest BCUT2D eigenvalue weighted by Gasteiger charge is 2.52. The number of methoxy groups -OCH3 is 2.